The number of anilines is 2. The number of benzene rings is 2. The Bertz CT molecular complexity index is 1010. The van der Waals surface area contributed by atoms with E-state index >= 15 is 4.39 Å². The molecule has 2 aliphatic rings. The maximum atomic E-state index is 15.5. The number of halogens is 3. The zero-order valence-electron chi connectivity index (χ0n) is 20.0. The summed E-state index contributed by atoms with van der Waals surface area (Å²) in [5.74, 6) is 0.602. The number of methoxy groups -OCH3 is 1. The van der Waals surface area contributed by atoms with Gasteiger partial charge < -0.3 is 20.3 Å². The van der Waals surface area contributed by atoms with Crippen LogP contribution in [-0.2, 0) is 0 Å². The molecule has 0 atom stereocenters. The molecule has 1 heterocycles. The van der Waals surface area contributed by atoms with Crippen LogP contribution in [0.4, 0.5) is 20.6 Å². The van der Waals surface area contributed by atoms with Crippen molar-refractivity contribution in [2.24, 2.45) is 0 Å². The first-order valence-electron chi connectivity index (χ1n) is 12.2. The van der Waals surface area contributed by atoms with Crippen molar-refractivity contribution in [2.75, 3.05) is 50.1 Å². The minimum absolute atomic E-state index is 0.0282. The second kappa shape index (κ2) is 11.7. The third kappa shape index (κ3) is 6.72. The molecule has 6 nitrogen and oxygen atoms in total. The number of amides is 2. The van der Waals surface area contributed by atoms with Gasteiger partial charge in [0.1, 0.15) is 11.4 Å². The lowest BCUT2D eigenvalue weighted by molar-refractivity contribution is 0.0691. The average molecular weight is 523 g/mol. The van der Waals surface area contributed by atoms with Gasteiger partial charge in [0.05, 0.1) is 28.5 Å². The van der Waals surface area contributed by atoms with Gasteiger partial charge in [-0.2, -0.15) is 0 Å². The maximum Gasteiger partial charge on any atom is 0.319 e. The first kappa shape index (κ1) is 25.9. The molecule has 0 aromatic heterocycles. The van der Waals surface area contributed by atoms with Crippen LogP contribution in [-0.4, -0.2) is 62.5 Å². The lowest BCUT2D eigenvalue weighted by Crippen LogP contribution is -2.48. The topological polar surface area (TPSA) is 56.8 Å². The third-order valence-electron chi connectivity index (χ3n) is 7.09. The third-order valence-corrected chi connectivity index (χ3v) is 7.90. The summed E-state index contributed by atoms with van der Waals surface area (Å²) in [5, 5.41) is 6.96. The molecular formula is C26H33Cl2FN4O2. The van der Waals surface area contributed by atoms with Gasteiger partial charge in [-0.15, -0.1) is 0 Å². The van der Waals surface area contributed by atoms with Crippen molar-refractivity contribution in [1.82, 2.24) is 10.2 Å². The summed E-state index contributed by atoms with van der Waals surface area (Å²) in [6, 6.07) is 12.6. The number of nitrogens with one attached hydrogen (secondary N) is 2. The molecule has 9 heteroatoms. The van der Waals surface area contributed by atoms with Gasteiger partial charge in [-0.25, -0.2) is 9.18 Å². The van der Waals surface area contributed by atoms with E-state index in [-0.39, 0.29) is 12.1 Å². The van der Waals surface area contributed by atoms with Gasteiger partial charge in [-0.05, 0) is 56.4 Å². The van der Waals surface area contributed by atoms with Crippen molar-refractivity contribution in [3.8, 4) is 5.75 Å². The van der Waals surface area contributed by atoms with E-state index in [0.29, 0.717) is 53.6 Å². The average Bonchev–Trinajstić information content (AvgIpc) is 2.87. The molecule has 2 amide bonds. The summed E-state index contributed by atoms with van der Waals surface area (Å²) >= 11 is 12.5. The van der Waals surface area contributed by atoms with Crippen molar-refractivity contribution in [1.29, 1.82) is 0 Å². The fourth-order valence-corrected chi connectivity index (χ4v) is 5.34. The molecule has 0 unspecified atom stereocenters. The zero-order chi connectivity index (χ0) is 24.8. The van der Waals surface area contributed by atoms with Gasteiger partial charge in [0.15, 0.2) is 0 Å². The van der Waals surface area contributed by atoms with E-state index in [9.17, 15) is 4.79 Å². The summed E-state index contributed by atoms with van der Waals surface area (Å²) in [6.07, 6.45) is 2.72. The monoisotopic (exact) mass is 522 g/mol. The standard InChI is InChI=1S/C26H33Cl2FN4O2/c1-35-23-8-3-2-6-21(23)31-25(34)30-19-9-11-26(29,12-10-19)13-14-32-15-17-33(18-16-32)22-7-4-5-20(27)24(22)28/h2-8,19H,9-18H2,1H3,(H2,30,31,34). The highest BCUT2D eigenvalue weighted by Crippen LogP contribution is 2.36. The molecule has 0 bridgehead atoms. The van der Waals surface area contributed by atoms with E-state index in [1.54, 1.807) is 25.3 Å². The van der Waals surface area contributed by atoms with E-state index in [4.69, 9.17) is 27.9 Å². The van der Waals surface area contributed by atoms with Crippen LogP contribution >= 0.6 is 23.2 Å². The van der Waals surface area contributed by atoms with Crippen LogP contribution in [0.5, 0.6) is 5.75 Å². The Hall–Kier alpha value is -2.22. The highest BCUT2D eigenvalue weighted by atomic mass is 35.5. The second-order valence-corrected chi connectivity index (χ2v) is 10.2. The summed E-state index contributed by atoms with van der Waals surface area (Å²) in [6.45, 7) is 4.15. The molecule has 2 fully saturated rings. The van der Waals surface area contributed by atoms with Crippen LogP contribution in [0, 0.1) is 0 Å². The number of nitrogens with zero attached hydrogens (tertiary/aromatic N) is 2. The van der Waals surface area contributed by atoms with Crippen LogP contribution in [0.25, 0.3) is 0 Å². The molecular weight excluding hydrogens is 490 g/mol. The zero-order valence-corrected chi connectivity index (χ0v) is 21.5. The Morgan fingerprint density at radius 3 is 2.51 bits per heavy atom. The molecule has 1 aliphatic carbocycles. The van der Waals surface area contributed by atoms with Crippen LogP contribution in [0.2, 0.25) is 10.0 Å². The molecule has 1 aliphatic heterocycles. The molecule has 1 saturated heterocycles. The Labute approximate surface area is 216 Å². The van der Waals surface area contributed by atoms with Gasteiger partial charge in [0.2, 0.25) is 0 Å². The largest absolute Gasteiger partial charge is 0.495 e. The molecule has 2 N–H and O–H groups in total. The quantitative estimate of drug-likeness (QED) is 0.469. The number of para-hydroxylation sites is 2. The van der Waals surface area contributed by atoms with Crippen molar-refractivity contribution >= 4 is 40.6 Å². The number of hydrogen-bond donors (Lipinski definition) is 2. The lowest BCUT2D eigenvalue weighted by Gasteiger charge is -2.39. The summed E-state index contributed by atoms with van der Waals surface area (Å²) in [7, 11) is 1.56. The molecule has 2 aromatic rings. The van der Waals surface area contributed by atoms with Crippen molar-refractivity contribution in [3.63, 3.8) is 0 Å². The Morgan fingerprint density at radius 1 is 1.09 bits per heavy atom. The number of alkyl halides is 1. The fraction of sp³-hybridized carbons (Fsp3) is 0.500. The highest BCUT2D eigenvalue weighted by molar-refractivity contribution is 6.43. The lowest BCUT2D eigenvalue weighted by atomic mass is 9.81. The smallest absolute Gasteiger partial charge is 0.319 e. The van der Waals surface area contributed by atoms with Gasteiger partial charge in [-0.1, -0.05) is 41.4 Å². The van der Waals surface area contributed by atoms with Crippen molar-refractivity contribution in [3.05, 3.63) is 52.5 Å². The van der Waals surface area contributed by atoms with E-state index < -0.39 is 5.67 Å². The Morgan fingerprint density at radius 2 is 1.80 bits per heavy atom. The maximum absolute atomic E-state index is 15.5. The van der Waals surface area contributed by atoms with E-state index in [0.717, 1.165) is 38.4 Å². The second-order valence-electron chi connectivity index (χ2n) is 9.38. The van der Waals surface area contributed by atoms with Crippen molar-refractivity contribution < 1.29 is 13.9 Å². The van der Waals surface area contributed by atoms with Crippen LogP contribution < -0.4 is 20.3 Å². The van der Waals surface area contributed by atoms with Gasteiger partial charge >= 0.3 is 6.03 Å². The van der Waals surface area contributed by atoms with Gasteiger partial charge in [0.25, 0.3) is 0 Å². The molecule has 2 aromatic carbocycles. The number of ether oxygens (including phenoxy) is 1. The molecule has 190 valence electrons. The summed E-state index contributed by atoms with van der Waals surface area (Å²) in [4.78, 5) is 17.0. The molecule has 1 saturated carbocycles. The molecule has 35 heavy (non-hydrogen) atoms. The first-order chi connectivity index (χ1) is 16.9. The van der Waals surface area contributed by atoms with Crippen LogP contribution in [0.1, 0.15) is 32.1 Å². The number of rotatable bonds is 7. The van der Waals surface area contributed by atoms with Gasteiger partial charge in [-0.3, -0.25) is 4.90 Å². The van der Waals surface area contributed by atoms with E-state index in [1.807, 2.05) is 24.3 Å². The summed E-state index contributed by atoms with van der Waals surface area (Å²) in [5.41, 5.74) is 0.396. The molecule has 4 rings (SSSR count). The van der Waals surface area contributed by atoms with Crippen molar-refractivity contribution in [2.45, 2.75) is 43.8 Å². The van der Waals surface area contributed by atoms with Crippen LogP contribution in [0.15, 0.2) is 42.5 Å². The van der Waals surface area contributed by atoms with Gasteiger partial charge in [0, 0.05) is 38.8 Å². The first-order valence-corrected chi connectivity index (χ1v) is 12.9. The summed E-state index contributed by atoms with van der Waals surface area (Å²) < 4.78 is 20.8. The minimum Gasteiger partial charge on any atom is -0.495 e. The van der Waals surface area contributed by atoms with E-state index in [2.05, 4.69) is 20.4 Å². The number of carbonyl (C=O) groups excluding carboxylic acids is 1. The highest BCUT2D eigenvalue weighted by Gasteiger charge is 2.36. The molecule has 0 radical (unpaired) electrons. The fourth-order valence-electron chi connectivity index (χ4n) is 4.93. The Balaban J connectivity index is 1.18. The number of piperazine rings is 1. The number of hydrogen-bond acceptors (Lipinski definition) is 4. The Kier molecular flexibility index (Phi) is 8.63. The predicted molar refractivity (Wildman–Crippen MR) is 141 cm³/mol. The van der Waals surface area contributed by atoms with E-state index in [1.165, 1.54) is 0 Å². The minimum atomic E-state index is -1.18. The number of carbonyl (C=O) groups is 1. The van der Waals surface area contributed by atoms with Crippen LogP contribution in [0.3, 0.4) is 0 Å². The normalized spacial score (nSPS) is 23.1. The predicted octanol–water partition coefficient (Wildman–Crippen LogP) is 5.99. The SMILES string of the molecule is COc1ccccc1NC(=O)NC1CCC(F)(CCN2CCN(c3cccc(Cl)c3Cl)CC2)CC1. The molecule has 0 spiro atoms. The number of urea groups is 1.